The second kappa shape index (κ2) is 39.3. The van der Waals surface area contributed by atoms with E-state index in [0.717, 1.165) is 58.7 Å². The van der Waals surface area contributed by atoms with Crippen LogP contribution in [0.2, 0.25) is 0 Å². The van der Waals surface area contributed by atoms with E-state index in [1.165, 1.54) is 25.8 Å². The molecule has 3 heterocycles. The zero-order valence-corrected chi connectivity index (χ0v) is 59.3. The van der Waals surface area contributed by atoms with Gasteiger partial charge in [-0.3, -0.25) is 62.5 Å². The maximum absolute atomic E-state index is 14.5. The van der Waals surface area contributed by atoms with Crippen LogP contribution in [-0.4, -0.2) is 180 Å². The summed E-state index contributed by atoms with van der Waals surface area (Å²) in [5, 5.41) is 23.2. The molecule has 5 N–H and O–H groups in total. The molecule has 0 radical (unpaired) electrons. The number of nitrogens with one attached hydrogen (secondary N) is 4. The molecule has 0 aliphatic carbocycles. The Kier molecular flexibility index (Phi) is 32.6. The minimum Gasteiger partial charge on any atom is -0.481 e. The molecule has 0 saturated carbocycles. The number of carboxylic acid groups (broad SMARTS) is 1. The third-order valence-corrected chi connectivity index (χ3v) is 20.0. The number of amides is 7. The molecule has 2 saturated heterocycles. The van der Waals surface area contributed by atoms with Crippen LogP contribution in [0.1, 0.15) is 175 Å². The molecule has 23 nitrogen and oxygen atoms in total. The topological polar surface area (TPSA) is 306 Å². The highest BCUT2D eigenvalue weighted by Gasteiger charge is 2.40. The number of thiazole rings is 1. The molecule has 1 aromatic heterocycles. The number of imide groups is 1. The van der Waals surface area contributed by atoms with Crippen molar-refractivity contribution in [3.8, 4) is 0 Å². The molecule has 524 valence electrons. The largest absolute Gasteiger partial charge is 0.481 e. The number of aryl methyl sites for hydroxylation is 3. The number of methoxy groups -OCH3 is 1. The summed E-state index contributed by atoms with van der Waals surface area (Å²) in [6.07, 6.45) is 6.58. The molecule has 3 aromatic rings. The van der Waals surface area contributed by atoms with Gasteiger partial charge in [-0.15, -0.1) is 11.3 Å². The van der Waals surface area contributed by atoms with Crippen LogP contribution in [0.3, 0.4) is 0 Å². The summed E-state index contributed by atoms with van der Waals surface area (Å²) in [7, 11) is 5.23. The van der Waals surface area contributed by atoms with Gasteiger partial charge in [0.25, 0.3) is 5.91 Å². The van der Waals surface area contributed by atoms with E-state index in [9.17, 15) is 57.8 Å². The van der Waals surface area contributed by atoms with E-state index in [-0.39, 0.29) is 142 Å². The van der Waals surface area contributed by atoms with Crippen LogP contribution in [0.25, 0.3) is 0 Å². The Balaban J connectivity index is 1.21. The van der Waals surface area contributed by atoms with Crippen molar-refractivity contribution < 1.29 is 72.1 Å². The number of ether oxygens (including phenoxy) is 3. The number of nitrogens with zero attached hydrogens (tertiary/aromatic N) is 4. The SMILES string of the molecule is CCC(C)[C@H](CC(=O)C1CCCCN1C)C(=O)N(C)[C@H](C[C@@H](OC(C)=O)c1nc(C(=O)N[C@@H](Cc2ccc(C)c(NC(=O)CCc3ccc(NC(=O)C(CCCCNC(=O)COCCOC)CC(=O)CCN4C(=O)CC(SC)C4=O)c(C)c3)c2)CC(C)C(=O)O)cs1)C(C)C. The summed E-state index contributed by atoms with van der Waals surface area (Å²) in [6.45, 7) is 16.1. The molecular weight excluding hydrogens is 1260 g/mol. The Morgan fingerprint density at radius 3 is 2.27 bits per heavy atom. The second-order valence-electron chi connectivity index (χ2n) is 25.9. The number of carbonyl (C=O) groups is 11. The van der Waals surface area contributed by atoms with Crippen LogP contribution < -0.4 is 21.3 Å². The van der Waals surface area contributed by atoms with Crippen molar-refractivity contribution in [2.24, 2.45) is 29.6 Å². The zero-order valence-electron chi connectivity index (χ0n) is 57.6. The van der Waals surface area contributed by atoms with Gasteiger partial charge in [-0.1, -0.05) is 78.1 Å². The average molecular weight is 1360 g/mol. The molecule has 25 heteroatoms. The van der Waals surface area contributed by atoms with Crippen molar-refractivity contribution in [2.45, 2.75) is 188 Å². The number of anilines is 2. The summed E-state index contributed by atoms with van der Waals surface area (Å²) in [6, 6.07) is 9.56. The number of Topliss-reactive ketones (excluding diaryl/α,β-unsaturated/α-hetero) is 2. The highest BCUT2D eigenvalue weighted by atomic mass is 32.2. The number of unbranched alkanes of at least 4 members (excludes halogenated alkanes) is 1. The molecule has 9 atom stereocenters. The number of aromatic nitrogens is 1. The van der Waals surface area contributed by atoms with Gasteiger partial charge in [0.2, 0.25) is 35.4 Å². The number of hydrogen-bond acceptors (Lipinski definition) is 18. The standard InChI is InChI=1S/C70H102N8O15S2/c1-13-43(4)53(37-59(81)57-19-15-17-28-76(57)9)68(87)77(10)58(42(2)3)38-60(93-47(8)79)67-75-56(41-95-67)66(86)72-51(33-46(7)70(89)90)34-49-21-20-44(5)55(35-49)73-62(82)25-23-48-22-24-54(45(6)32-48)74-65(85)50(18-14-16-27-71-63(83)40-92-31-30-91-11)36-52(80)26-29-78-64(84)39-61(94-12)69(78)88/h20-22,24,32,35,41-43,46,50-51,53,57-58,60-61H,13-19,23,25-31,33-34,36-40H2,1-12H3,(H,71,83)(H,72,86)(H,73,82)(H,74,85)(H,89,90)/t43?,46?,50?,51-,53+,57?,58-,60-,61?/m1/s1. The molecule has 95 heavy (non-hydrogen) atoms. The average Bonchev–Trinajstić information content (AvgIpc) is 1.81. The summed E-state index contributed by atoms with van der Waals surface area (Å²) in [5.41, 5.74) is 4.12. The van der Waals surface area contributed by atoms with Crippen LogP contribution in [0.15, 0.2) is 41.8 Å². The smallest absolute Gasteiger partial charge is 0.306 e. The van der Waals surface area contributed by atoms with Crippen LogP contribution in [0.4, 0.5) is 11.4 Å². The number of esters is 1. The maximum Gasteiger partial charge on any atom is 0.306 e. The molecular formula is C70H102N8O15S2. The van der Waals surface area contributed by atoms with Crippen molar-refractivity contribution in [3.05, 3.63) is 74.7 Å². The summed E-state index contributed by atoms with van der Waals surface area (Å²) in [5.74, 6) is -6.43. The third-order valence-electron chi connectivity index (χ3n) is 18.2. The number of carboxylic acids is 1. The number of aliphatic carboxylic acids is 1. The lowest BCUT2D eigenvalue weighted by atomic mass is 9.83. The van der Waals surface area contributed by atoms with Crippen molar-refractivity contribution in [2.75, 3.05) is 77.5 Å². The fourth-order valence-corrected chi connectivity index (χ4v) is 13.6. The first-order valence-corrected chi connectivity index (χ1v) is 35.5. The number of benzene rings is 2. The van der Waals surface area contributed by atoms with E-state index in [4.69, 9.17) is 14.2 Å². The van der Waals surface area contributed by atoms with E-state index < -0.39 is 59.0 Å². The first-order valence-electron chi connectivity index (χ1n) is 33.3. The normalized spacial score (nSPS) is 17.3. The van der Waals surface area contributed by atoms with Gasteiger partial charge < -0.3 is 45.5 Å². The number of piperidine rings is 1. The molecule has 0 bridgehead atoms. The molecule has 5 unspecified atom stereocenters. The van der Waals surface area contributed by atoms with Crippen molar-refractivity contribution in [1.82, 2.24) is 30.3 Å². The summed E-state index contributed by atoms with van der Waals surface area (Å²) < 4.78 is 16.1. The van der Waals surface area contributed by atoms with Gasteiger partial charge in [0.1, 0.15) is 23.1 Å². The lowest BCUT2D eigenvalue weighted by Gasteiger charge is -2.37. The zero-order chi connectivity index (χ0) is 70.1. The van der Waals surface area contributed by atoms with Crippen molar-refractivity contribution in [1.29, 1.82) is 0 Å². The Morgan fingerprint density at radius 2 is 1.62 bits per heavy atom. The maximum atomic E-state index is 14.5. The second-order valence-corrected chi connectivity index (χ2v) is 27.8. The number of carbonyl (C=O) groups excluding carboxylic acids is 10. The number of ketones is 2. The molecule has 2 aliphatic heterocycles. The number of likely N-dealkylation sites (N-methyl/N-ethyl adjacent to an activating group) is 1. The molecule has 7 amide bonds. The number of rotatable bonds is 41. The van der Waals surface area contributed by atoms with Gasteiger partial charge in [-0.2, -0.15) is 11.8 Å². The van der Waals surface area contributed by atoms with Gasteiger partial charge in [0, 0.05) is 113 Å². The monoisotopic (exact) mass is 1360 g/mol. The third kappa shape index (κ3) is 24.9. The highest BCUT2D eigenvalue weighted by Crippen LogP contribution is 2.34. The minimum absolute atomic E-state index is 0.0334. The molecule has 5 rings (SSSR count). The highest BCUT2D eigenvalue weighted by molar-refractivity contribution is 8.00. The van der Waals surface area contributed by atoms with Crippen LogP contribution in [0, 0.1) is 43.4 Å². The van der Waals surface area contributed by atoms with E-state index in [1.807, 2.05) is 72.9 Å². The summed E-state index contributed by atoms with van der Waals surface area (Å²) >= 11 is 2.42. The Morgan fingerprint density at radius 1 is 0.884 bits per heavy atom. The van der Waals surface area contributed by atoms with Crippen LogP contribution in [-0.2, 0) is 75.0 Å². The Hall–Kier alpha value is -6.93. The van der Waals surface area contributed by atoms with Crippen molar-refractivity contribution in [3.63, 3.8) is 0 Å². The van der Waals surface area contributed by atoms with E-state index in [2.05, 4.69) is 31.2 Å². The number of hydrogen-bond donors (Lipinski definition) is 5. The number of likely N-dealkylation sites (tertiary alicyclic amines) is 2. The fraction of sp³-hybridized carbons (Fsp3) is 0.629. The molecule has 2 aromatic carbocycles. The number of thioether (sulfide) groups is 1. The lowest BCUT2D eigenvalue weighted by molar-refractivity contribution is -0.150. The van der Waals surface area contributed by atoms with Crippen molar-refractivity contribution >= 4 is 99.3 Å². The first kappa shape index (κ1) is 78.8. The Bertz CT molecular complexity index is 3140. The van der Waals surface area contributed by atoms with Crippen LogP contribution >= 0.6 is 23.1 Å². The Labute approximate surface area is 568 Å². The fourth-order valence-electron chi connectivity index (χ4n) is 12.1. The van der Waals surface area contributed by atoms with E-state index in [1.54, 1.807) is 42.6 Å². The van der Waals surface area contributed by atoms with Crippen LogP contribution in [0.5, 0.6) is 0 Å². The van der Waals surface area contributed by atoms with E-state index in [0.29, 0.717) is 67.2 Å². The molecule has 2 fully saturated rings. The summed E-state index contributed by atoms with van der Waals surface area (Å²) in [4.78, 5) is 155. The van der Waals surface area contributed by atoms with Gasteiger partial charge in [-0.25, -0.2) is 4.98 Å². The quantitative estimate of drug-likeness (QED) is 0.0201. The molecule has 2 aliphatic rings. The van der Waals surface area contributed by atoms with Gasteiger partial charge >= 0.3 is 11.9 Å². The molecule has 0 spiro atoms. The van der Waals surface area contributed by atoms with E-state index >= 15 is 0 Å². The van der Waals surface area contributed by atoms with Gasteiger partial charge in [0.15, 0.2) is 11.9 Å². The first-order chi connectivity index (χ1) is 45.1. The van der Waals surface area contributed by atoms with Gasteiger partial charge in [-0.05, 0) is 125 Å². The minimum atomic E-state index is -1.05. The predicted molar refractivity (Wildman–Crippen MR) is 366 cm³/mol. The predicted octanol–water partition coefficient (Wildman–Crippen LogP) is 8.71. The lowest BCUT2D eigenvalue weighted by Crippen LogP contribution is -2.48. The van der Waals surface area contributed by atoms with Gasteiger partial charge in [0.05, 0.1) is 30.4 Å².